The number of benzene rings is 1. The number of carbonyl (C=O) groups excluding carboxylic acids is 1. The summed E-state index contributed by atoms with van der Waals surface area (Å²) >= 11 is 0. The van der Waals surface area contributed by atoms with Crippen LogP contribution in [0.5, 0.6) is 0 Å². The van der Waals surface area contributed by atoms with Crippen molar-refractivity contribution in [2.75, 3.05) is 31.8 Å². The van der Waals surface area contributed by atoms with Gasteiger partial charge >= 0.3 is 6.03 Å². The van der Waals surface area contributed by atoms with E-state index >= 15 is 0 Å². The molecule has 0 unspecified atom stereocenters. The molecule has 166 valence electrons. The molecule has 1 aliphatic heterocycles. The van der Waals surface area contributed by atoms with Crippen LogP contribution >= 0.6 is 0 Å². The van der Waals surface area contributed by atoms with Crippen molar-refractivity contribution in [3.8, 4) is 0 Å². The van der Waals surface area contributed by atoms with Gasteiger partial charge in [0.2, 0.25) is 0 Å². The van der Waals surface area contributed by atoms with Crippen LogP contribution in [0.4, 0.5) is 10.5 Å². The predicted octanol–water partition coefficient (Wildman–Crippen LogP) is 2.93. The Morgan fingerprint density at radius 2 is 1.77 bits per heavy atom. The van der Waals surface area contributed by atoms with E-state index in [4.69, 9.17) is 0 Å². The number of amides is 2. The predicted molar refractivity (Wildman–Crippen MR) is 122 cm³/mol. The van der Waals surface area contributed by atoms with Gasteiger partial charge in [-0.15, -0.1) is 0 Å². The van der Waals surface area contributed by atoms with Gasteiger partial charge in [-0.05, 0) is 57.0 Å². The van der Waals surface area contributed by atoms with Crippen LogP contribution in [-0.2, 0) is 21.1 Å². The van der Waals surface area contributed by atoms with Crippen molar-refractivity contribution in [1.29, 1.82) is 0 Å². The molecule has 2 fully saturated rings. The lowest BCUT2D eigenvalue weighted by atomic mass is 9.69. The highest BCUT2D eigenvalue weighted by Gasteiger charge is 2.50. The number of sulfone groups is 1. The van der Waals surface area contributed by atoms with E-state index in [9.17, 15) is 13.2 Å². The molecule has 1 N–H and O–H groups in total. The maximum atomic E-state index is 13.0. The molecule has 2 aromatic rings. The third-order valence-electron chi connectivity index (χ3n) is 6.88. The van der Waals surface area contributed by atoms with Gasteiger partial charge in [0.05, 0.1) is 29.7 Å². The molecule has 1 saturated heterocycles. The minimum Gasteiger partial charge on any atom is -0.330 e. The van der Waals surface area contributed by atoms with Crippen LogP contribution in [0.3, 0.4) is 0 Å². The highest BCUT2D eigenvalue weighted by Crippen LogP contribution is 2.46. The maximum absolute atomic E-state index is 13.0. The number of carbonyl (C=O) groups is 1. The van der Waals surface area contributed by atoms with E-state index in [2.05, 4.69) is 53.6 Å². The second kappa shape index (κ2) is 7.91. The van der Waals surface area contributed by atoms with Crippen molar-refractivity contribution in [3.63, 3.8) is 0 Å². The molecule has 1 aromatic heterocycles. The van der Waals surface area contributed by atoms with E-state index < -0.39 is 9.84 Å². The fourth-order valence-corrected chi connectivity index (χ4v) is 5.94. The molecule has 1 aromatic carbocycles. The maximum Gasteiger partial charge on any atom is 0.322 e. The van der Waals surface area contributed by atoms with Crippen molar-refractivity contribution in [3.05, 3.63) is 59.9 Å². The van der Waals surface area contributed by atoms with Gasteiger partial charge in [0.1, 0.15) is 0 Å². The van der Waals surface area contributed by atoms with Crippen molar-refractivity contribution in [2.45, 2.75) is 42.5 Å². The van der Waals surface area contributed by atoms with Gasteiger partial charge in [-0.2, -0.15) is 0 Å². The average Bonchev–Trinajstić information content (AvgIpc) is 3.04. The Morgan fingerprint density at radius 3 is 2.39 bits per heavy atom. The molecule has 1 aliphatic carbocycles. The summed E-state index contributed by atoms with van der Waals surface area (Å²) in [6, 6.07) is 12.1. The Hall–Kier alpha value is -2.45. The minimum absolute atomic E-state index is 0.0551. The molecule has 1 saturated carbocycles. The van der Waals surface area contributed by atoms with Crippen LogP contribution in [0.25, 0.3) is 0 Å². The van der Waals surface area contributed by atoms with E-state index in [1.807, 2.05) is 6.07 Å². The number of nitrogens with one attached hydrogen (secondary N) is 1. The first-order valence-corrected chi connectivity index (χ1v) is 12.6. The number of anilines is 1. The zero-order valence-electron chi connectivity index (χ0n) is 18.3. The summed E-state index contributed by atoms with van der Waals surface area (Å²) in [5, 5.41) is 3.23. The molecule has 0 radical (unpaired) electrons. The van der Waals surface area contributed by atoms with E-state index in [0.29, 0.717) is 17.8 Å². The molecule has 31 heavy (non-hydrogen) atoms. The zero-order chi connectivity index (χ0) is 22.3. The van der Waals surface area contributed by atoms with E-state index in [1.165, 1.54) is 11.8 Å². The quantitative estimate of drug-likeness (QED) is 0.770. The largest absolute Gasteiger partial charge is 0.330 e. The second-order valence-electron chi connectivity index (χ2n) is 9.16. The van der Waals surface area contributed by atoms with Crippen LogP contribution < -0.4 is 10.2 Å². The highest BCUT2D eigenvalue weighted by atomic mass is 32.2. The summed E-state index contributed by atoms with van der Waals surface area (Å²) in [7, 11) is 1.02. The van der Waals surface area contributed by atoms with Gasteiger partial charge in [0.15, 0.2) is 9.84 Å². The number of hydrogen-bond acceptors (Lipinski definition) is 5. The van der Waals surface area contributed by atoms with Crippen LogP contribution in [0.2, 0.25) is 0 Å². The number of aromatic nitrogens is 1. The van der Waals surface area contributed by atoms with Gasteiger partial charge < -0.3 is 5.32 Å². The fourth-order valence-electron chi connectivity index (χ4n) is 5.13. The Morgan fingerprint density at radius 1 is 1.10 bits per heavy atom. The molecule has 0 atom stereocenters. The topological polar surface area (TPSA) is 82.6 Å². The van der Waals surface area contributed by atoms with E-state index in [1.54, 1.807) is 23.4 Å². The molecule has 8 heteroatoms. The van der Waals surface area contributed by atoms with Gasteiger partial charge in [-0.3, -0.25) is 14.8 Å². The molecular formula is C23H30N4O3S. The molecule has 2 amide bonds. The van der Waals surface area contributed by atoms with Gasteiger partial charge in [0.25, 0.3) is 0 Å². The van der Waals surface area contributed by atoms with Gasteiger partial charge in [-0.1, -0.05) is 30.3 Å². The van der Waals surface area contributed by atoms with E-state index in [0.717, 1.165) is 25.7 Å². The normalized spacial score (nSPS) is 26.5. The Bertz CT molecular complexity index is 1060. The van der Waals surface area contributed by atoms with Crippen LogP contribution in [0.15, 0.2) is 48.8 Å². The highest BCUT2D eigenvalue weighted by molar-refractivity contribution is 7.89. The summed E-state index contributed by atoms with van der Waals surface area (Å²) < 4.78 is 23.7. The lowest BCUT2D eigenvalue weighted by Gasteiger charge is -2.48. The molecule has 7 nitrogen and oxygen atoms in total. The van der Waals surface area contributed by atoms with Crippen molar-refractivity contribution >= 4 is 21.6 Å². The Kier molecular flexibility index (Phi) is 5.55. The van der Waals surface area contributed by atoms with Crippen molar-refractivity contribution < 1.29 is 13.2 Å². The monoisotopic (exact) mass is 442 g/mol. The number of hydrogen-bond donors (Lipinski definition) is 1. The molecular weight excluding hydrogens is 412 g/mol. The molecule has 1 spiro atoms. The third kappa shape index (κ3) is 4.19. The van der Waals surface area contributed by atoms with Crippen LogP contribution in [0, 0.1) is 0 Å². The molecule has 2 aliphatic rings. The van der Waals surface area contributed by atoms with Gasteiger partial charge in [0, 0.05) is 18.0 Å². The second-order valence-corrected chi connectivity index (χ2v) is 11.3. The lowest BCUT2D eigenvalue weighted by molar-refractivity contribution is 0.0658. The first kappa shape index (κ1) is 21.8. The average molecular weight is 443 g/mol. The standard InChI is InChI=1S/C23H30N4O3S/c1-26(2)23(19-7-5-4-6-8-19)12-10-22(11-13-23)17-27(21(28)25-22)20-15-24-14-9-18(20)16-31(3,29)30/h4-9,14-15H,10-13,16-17H2,1-3H3,(H,25,28)/t22-,23-. The summed E-state index contributed by atoms with van der Waals surface area (Å²) in [6.07, 6.45) is 7.93. The Labute approximate surface area is 184 Å². The lowest BCUT2D eigenvalue weighted by Crippen LogP contribution is -2.54. The number of rotatable bonds is 5. The van der Waals surface area contributed by atoms with Crippen molar-refractivity contribution in [1.82, 2.24) is 15.2 Å². The first-order valence-electron chi connectivity index (χ1n) is 10.6. The third-order valence-corrected chi connectivity index (χ3v) is 7.71. The fraction of sp³-hybridized carbons (Fsp3) is 0.478. The van der Waals surface area contributed by atoms with Crippen LogP contribution in [-0.4, -0.2) is 56.8 Å². The summed E-state index contributed by atoms with van der Waals surface area (Å²) in [5.41, 5.74) is 2.12. The number of nitrogens with zero attached hydrogens (tertiary/aromatic N) is 3. The smallest absolute Gasteiger partial charge is 0.322 e. The first-order chi connectivity index (χ1) is 14.6. The van der Waals surface area contributed by atoms with E-state index in [-0.39, 0.29) is 22.9 Å². The molecule has 0 bridgehead atoms. The van der Waals surface area contributed by atoms with Crippen LogP contribution in [0.1, 0.15) is 36.8 Å². The summed E-state index contributed by atoms with van der Waals surface area (Å²) in [5.74, 6) is -0.112. The number of urea groups is 1. The molecule has 2 heterocycles. The summed E-state index contributed by atoms with van der Waals surface area (Å²) in [4.78, 5) is 21.1. The minimum atomic E-state index is -3.23. The van der Waals surface area contributed by atoms with Gasteiger partial charge in [-0.25, -0.2) is 13.2 Å². The summed E-state index contributed by atoms with van der Waals surface area (Å²) in [6.45, 7) is 0.520. The SMILES string of the molecule is CN(C)[C@]1(c2ccccc2)CC[C@@]2(CC1)CN(c1cnccc1CS(C)(=O)=O)C(=O)N2. The molecule has 4 rings (SSSR count). The Balaban J connectivity index is 1.57. The van der Waals surface area contributed by atoms with Crippen molar-refractivity contribution in [2.24, 2.45) is 0 Å². The number of pyridine rings is 1. The zero-order valence-corrected chi connectivity index (χ0v) is 19.2.